The van der Waals surface area contributed by atoms with Gasteiger partial charge in [0.1, 0.15) is 17.1 Å². The van der Waals surface area contributed by atoms with Gasteiger partial charge in [0, 0.05) is 5.69 Å². The fourth-order valence-corrected chi connectivity index (χ4v) is 1.88. The van der Waals surface area contributed by atoms with Crippen LogP contribution in [0.15, 0.2) is 42.5 Å². The fraction of sp³-hybridized carbons (Fsp3) is 0.0667. The summed E-state index contributed by atoms with van der Waals surface area (Å²) < 4.78 is 5.26. The summed E-state index contributed by atoms with van der Waals surface area (Å²) in [6.07, 6.45) is 0. The Balaban J connectivity index is 1.99. The minimum atomic E-state index is -1.29. The maximum Gasteiger partial charge on any atom is 0.339 e. The fourth-order valence-electron chi connectivity index (χ4n) is 1.69. The molecule has 2 aromatic rings. The van der Waals surface area contributed by atoms with Gasteiger partial charge in [0.2, 0.25) is 0 Å². The molecule has 0 aromatic heterocycles. The number of ether oxygens (including phenoxy) is 1. The summed E-state index contributed by atoms with van der Waals surface area (Å²) in [5, 5.41) is 21.1. The SMILES string of the molecule is O=C(COc1ccccc1Cl)Nc1ccc(O)c(C(=O)O)c1. The van der Waals surface area contributed by atoms with Gasteiger partial charge in [-0.1, -0.05) is 23.7 Å². The van der Waals surface area contributed by atoms with Crippen molar-refractivity contribution in [3.8, 4) is 11.5 Å². The van der Waals surface area contributed by atoms with Gasteiger partial charge in [-0.05, 0) is 30.3 Å². The molecule has 2 aromatic carbocycles. The highest BCUT2D eigenvalue weighted by Gasteiger charge is 2.12. The van der Waals surface area contributed by atoms with E-state index in [0.717, 1.165) is 6.07 Å². The Hall–Kier alpha value is -2.73. The van der Waals surface area contributed by atoms with Gasteiger partial charge in [0.05, 0.1) is 5.02 Å². The predicted molar refractivity (Wildman–Crippen MR) is 80.6 cm³/mol. The lowest BCUT2D eigenvalue weighted by Gasteiger charge is -2.09. The van der Waals surface area contributed by atoms with E-state index >= 15 is 0 Å². The Morgan fingerprint density at radius 2 is 1.91 bits per heavy atom. The number of carbonyl (C=O) groups excluding carboxylic acids is 1. The van der Waals surface area contributed by atoms with Crippen molar-refractivity contribution in [2.45, 2.75) is 0 Å². The van der Waals surface area contributed by atoms with Crippen molar-refractivity contribution in [3.63, 3.8) is 0 Å². The topological polar surface area (TPSA) is 95.9 Å². The molecule has 0 saturated carbocycles. The molecular formula is C15H12ClNO5. The van der Waals surface area contributed by atoms with Crippen molar-refractivity contribution >= 4 is 29.2 Å². The molecule has 0 aliphatic heterocycles. The number of aromatic carboxylic acids is 1. The zero-order valence-electron chi connectivity index (χ0n) is 11.2. The molecule has 0 fully saturated rings. The second-order valence-electron chi connectivity index (χ2n) is 4.30. The summed E-state index contributed by atoms with van der Waals surface area (Å²) in [4.78, 5) is 22.7. The van der Waals surface area contributed by atoms with Crippen LogP contribution in [0.5, 0.6) is 11.5 Å². The molecule has 3 N–H and O–H groups in total. The number of benzene rings is 2. The summed E-state index contributed by atoms with van der Waals surface area (Å²) in [6.45, 7) is -0.285. The summed E-state index contributed by atoms with van der Waals surface area (Å²) >= 11 is 5.89. The number of para-hydroxylation sites is 1. The zero-order chi connectivity index (χ0) is 16.1. The molecule has 0 aliphatic carbocycles. The summed E-state index contributed by atoms with van der Waals surface area (Å²) in [6, 6.07) is 10.4. The first-order valence-corrected chi connectivity index (χ1v) is 6.58. The molecule has 0 bridgehead atoms. The monoisotopic (exact) mass is 321 g/mol. The molecule has 0 atom stereocenters. The minimum absolute atomic E-state index is 0.239. The van der Waals surface area contributed by atoms with Crippen molar-refractivity contribution in [2.24, 2.45) is 0 Å². The van der Waals surface area contributed by atoms with Gasteiger partial charge in [-0.15, -0.1) is 0 Å². The lowest BCUT2D eigenvalue weighted by atomic mass is 10.2. The Morgan fingerprint density at radius 3 is 2.59 bits per heavy atom. The van der Waals surface area contributed by atoms with Crippen LogP contribution in [0.1, 0.15) is 10.4 Å². The standard InChI is InChI=1S/C15H12ClNO5/c16-11-3-1-2-4-13(11)22-8-14(19)17-9-5-6-12(18)10(7-9)15(20)21/h1-7,18H,8H2,(H,17,19)(H,20,21). The lowest BCUT2D eigenvalue weighted by molar-refractivity contribution is -0.118. The Kier molecular flexibility index (Phi) is 4.85. The van der Waals surface area contributed by atoms with Gasteiger partial charge < -0.3 is 20.3 Å². The zero-order valence-corrected chi connectivity index (χ0v) is 12.0. The number of anilines is 1. The van der Waals surface area contributed by atoms with Crippen molar-refractivity contribution < 1.29 is 24.5 Å². The third kappa shape index (κ3) is 3.89. The molecule has 114 valence electrons. The van der Waals surface area contributed by atoms with E-state index < -0.39 is 11.9 Å². The highest BCUT2D eigenvalue weighted by atomic mass is 35.5. The highest BCUT2D eigenvalue weighted by Crippen LogP contribution is 2.23. The second kappa shape index (κ2) is 6.82. The molecule has 0 heterocycles. The summed E-state index contributed by atoms with van der Waals surface area (Å²) in [7, 11) is 0. The Morgan fingerprint density at radius 1 is 1.18 bits per heavy atom. The number of rotatable bonds is 5. The number of amides is 1. The summed E-state index contributed by atoms with van der Waals surface area (Å²) in [5.74, 6) is -1.78. The second-order valence-corrected chi connectivity index (χ2v) is 4.71. The number of carboxylic acids is 1. The smallest absolute Gasteiger partial charge is 0.339 e. The van der Waals surface area contributed by atoms with Gasteiger partial charge in [0.25, 0.3) is 5.91 Å². The van der Waals surface area contributed by atoms with Crippen molar-refractivity contribution in [3.05, 3.63) is 53.1 Å². The molecule has 7 heteroatoms. The summed E-state index contributed by atoms with van der Waals surface area (Å²) in [5.41, 5.74) is -0.0622. The molecule has 0 radical (unpaired) electrons. The van der Waals surface area contributed by atoms with Crippen LogP contribution in [-0.4, -0.2) is 28.7 Å². The third-order valence-corrected chi connectivity index (χ3v) is 3.02. The molecule has 6 nitrogen and oxygen atoms in total. The van der Waals surface area contributed by atoms with Crippen LogP contribution in [0.25, 0.3) is 0 Å². The van der Waals surface area contributed by atoms with Gasteiger partial charge >= 0.3 is 5.97 Å². The Bertz CT molecular complexity index is 717. The number of halogens is 1. The van der Waals surface area contributed by atoms with E-state index in [2.05, 4.69) is 5.32 Å². The molecule has 2 rings (SSSR count). The van der Waals surface area contributed by atoms with Gasteiger partial charge in [-0.2, -0.15) is 0 Å². The molecular weight excluding hydrogens is 310 g/mol. The number of nitrogens with one attached hydrogen (secondary N) is 1. The number of carbonyl (C=O) groups is 2. The van der Waals surface area contributed by atoms with Crippen LogP contribution in [-0.2, 0) is 4.79 Å². The predicted octanol–water partition coefficient (Wildman–Crippen LogP) is 2.76. The van der Waals surface area contributed by atoms with Crippen LogP contribution < -0.4 is 10.1 Å². The number of hydrogen-bond acceptors (Lipinski definition) is 4. The van der Waals surface area contributed by atoms with E-state index in [0.29, 0.717) is 10.8 Å². The number of aromatic hydroxyl groups is 1. The normalized spacial score (nSPS) is 10.0. The maximum absolute atomic E-state index is 11.8. The van der Waals surface area contributed by atoms with Crippen LogP contribution in [0, 0.1) is 0 Å². The van der Waals surface area contributed by atoms with Crippen LogP contribution >= 0.6 is 11.6 Å². The first kappa shape index (κ1) is 15.7. The Labute approximate surface area is 130 Å². The first-order valence-electron chi connectivity index (χ1n) is 6.21. The molecule has 0 aliphatic rings. The van der Waals surface area contributed by atoms with E-state index in [4.69, 9.17) is 21.4 Å². The number of carboxylic acid groups (broad SMARTS) is 1. The molecule has 0 saturated heterocycles. The van der Waals surface area contributed by atoms with Crippen molar-refractivity contribution in [1.82, 2.24) is 0 Å². The quantitative estimate of drug-likeness (QED) is 0.736. The first-order chi connectivity index (χ1) is 10.5. The molecule has 22 heavy (non-hydrogen) atoms. The number of hydrogen-bond donors (Lipinski definition) is 3. The number of phenols is 1. The lowest BCUT2D eigenvalue weighted by Crippen LogP contribution is -2.20. The average molecular weight is 322 g/mol. The van der Waals surface area contributed by atoms with E-state index in [1.165, 1.54) is 12.1 Å². The highest BCUT2D eigenvalue weighted by molar-refractivity contribution is 6.32. The molecule has 0 spiro atoms. The van der Waals surface area contributed by atoms with Crippen LogP contribution in [0.4, 0.5) is 5.69 Å². The van der Waals surface area contributed by atoms with Gasteiger partial charge in [-0.25, -0.2) is 4.79 Å². The average Bonchev–Trinajstić information content (AvgIpc) is 2.48. The minimum Gasteiger partial charge on any atom is -0.507 e. The van der Waals surface area contributed by atoms with E-state index in [9.17, 15) is 14.7 Å². The molecule has 0 unspecified atom stereocenters. The van der Waals surface area contributed by atoms with Crippen LogP contribution in [0.2, 0.25) is 5.02 Å². The van der Waals surface area contributed by atoms with E-state index in [1.807, 2.05) is 0 Å². The molecule has 1 amide bonds. The van der Waals surface area contributed by atoms with Crippen molar-refractivity contribution in [2.75, 3.05) is 11.9 Å². The van der Waals surface area contributed by atoms with Gasteiger partial charge in [0.15, 0.2) is 6.61 Å². The van der Waals surface area contributed by atoms with Crippen molar-refractivity contribution in [1.29, 1.82) is 0 Å². The third-order valence-electron chi connectivity index (χ3n) is 2.71. The maximum atomic E-state index is 11.8. The van der Waals surface area contributed by atoms with E-state index in [-0.39, 0.29) is 23.6 Å². The van der Waals surface area contributed by atoms with Gasteiger partial charge in [-0.3, -0.25) is 4.79 Å². The van der Waals surface area contributed by atoms with E-state index in [1.54, 1.807) is 24.3 Å². The largest absolute Gasteiger partial charge is 0.507 e. The van der Waals surface area contributed by atoms with Crippen LogP contribution in [0.3, 0.4) is 0 Å².